The van der Waals surface area contributed by atoms with Gasteiger partial charge in [0.25, 0.3) is 0 Å². The van der Waals surface area contributed by atoms with Crippen LogP contribution in [0, 0.1) is 22.7 Å². The molecule has 0 aromatic heterocycles. The number of allylic oxidation sites excluding steroid dienone is 6. The van der Waals surface area contributed by atoms with Crippen molar-refractivity contribution in [1.29, 1.82) is 10.5 Å². The summed E-state index contributed by atoms with van der Waals surface area (Å²) in [7, 11) is 0. The number of benzene rings is 14. The number of nitriles is 2. The number of hydrogen-bond acceptors (Lipinski definition) is 5. The number of rotatable bonds is 20. The van der Waals surface area contributed by atoms with Gasteiger partial charge in [-0.25, -0.2) is 0 Å². The maximum absolute atomic E-state index is 10.1. The molecular weight excluding hydrogens is 1270 g/mol. The maximum Gasteiger partial charge on any atom is 0.137 e. The predicted molar refractivity (Wildman–Crippen MR) is 435 cm³/mol. The Bertz CT molecular complexity index is 5190. The fourth-order valence-corrected chi connectivity index (χ4v) is 13.6. The average Bonchev–Trinajstić information content (AvgIpc) is 0.785. The van der Waals surface area contributed by atoms with E-state index in [0.29, 0.717) is 17.1 Å². The molecule has 0 spiro atoms. The standard InChI is InChI=1S/C100H70N4O/c101-71-88(72-102)87-69-95(67-45-73-41-59-91(60-42-73)103(89-37-21-7-22-38-89)93-63-55-77(56-64-93)75-47-51-85(52-48-75)99(83-33-17-5-18-34-83)97(79-25-9-1-10-26-79)80-27-11-2-12-28-80)105-96(70-87)68-46-74-43-61-92(62-44-74)104(90-39-23-8-24-40-90)94-65-57-78(58-66-94)76-49-53-86(54-50-76)100(84-35-19-6-20-36-84)98(81-29-13-3-14-30-81)82-31-15-4-16-32-82/h1-70H. The molecule has 0 radical (unpaired) electrons. The van der Waals surface area contributed by atoms with Crippen molar-refractivity contribution in [2.45, 2.75) is 0 Å². The molecule has 5 heteroatoms. The minimum atomic E-state index is -0.00767. The van der Waals surface area contributed by atoms with E-state index in [1.54, 1.807) is 12.2 Å². The topological polar surface area (TPSA) is 63.3 Å². The van der Waals surface area contributed by atoms with E-state index < -0.39 is 0 Å². The minimum absolute atomic E-state index is 0.00767. The lowest BCUT2D eigenvalue weighted by Gasteiger charge is -2.26. The summed E-state index contributed by atoms with van der Waals surface area (Å²) in [6, 6.07) is 141. The largest absolute Gasteiger partial charge is 0.457 e. The lowest BCUT2D eigenvalue weighted by atomic mass is 9.85. The van der Waals surface area contributed by atoms with Crippen molar-refractivity contribution < 1.29 is 4.74 Å². The zero-order valence-electron chi connectivity index (χ0n) is 57.6. The maximum atomic E-state index is 10.1. The molecule has 0 atom stereocenters. The number of ether oxygens (including phenoxy) is 1. The first-order chi connectivity index (χ1) is 52.0. The quantitative estimate of drug-likeness (QED) is 0.0562. The Morgan fingerprint density at radius 3 is 0.686 bits per heavy atom. The Kier molecular flexibility index (Phi) is 20.2. The van der Waals surface area contributed by atoms with Gasteiger partial charge >= 0.3 is 0 Å². The molecule has 0 aliphatic carbocycles. The van der Waals surface area contributed by atoms with Crippen molar-refractivity contribution in [3.8, 4) is 34.4 Å². The summed E-state index contributed by atoms with van der Waals surface area (Å²) >= 11 is 0. The highest BCUT2D eigenvalue weighted by Crippen LogP contribution is 2.43. The van der Waals surface area contributed by atoms with Crippen LogP contribution in [0.25, 0.3) is 56.7 Å². The molecule has 1 heterocycles. The van der Waals surface area contributed by atoms with Crippen LogP contribution in [0.3, 0.4) is 0 Å². The molecule has 0 saturated heterocycles. The molecule has 14 aromatic rings. The predicted octanol–water partition coefficient (Wildman–Crippen LogP) is 25.8. The van der Waals surface area contributed by atoms with Gasteiger partial charge in [0.15, 0.2) is 0 Å². The molecule has 1 aliphatic heterocycles. The molecule has 0 bridgehead atoms. The molecule has 15 rings (SSSR count). The Hall–Kier alpha value is -14.4. The van der Waals surface area contributed by atoms with Crippen LogP contribution in [0.4, 0.5) is 34.1 Å². The lowest BCUT2D eigenvalue weighted by Crippen LogP contribution is -2.09. The van der Waals surface area contributed by atoms with E-state index in [9.17, 15) is 10.5 Å². The first kappa shape index (κ1) is 66.5. The third-order valence-corrected chi connectivity index (χ3v) is 18.7. The summed E-state index contributed by atoms with van der Waals surface area (Å²) in [4.78, 5) is 4.51. The highest BCUT2D eigenvalue weighted by molar-refractivity contribution is 6.06. The number of nitrogens with zero attached hydrogens (tertiary/aromatic N) is 4. The summed E-state index contributed by atoms with van der Waals surface area (Å²) in [5, 5.41) is 20.1. The first-order valence-corrected chi connectivity index (χ1v) is 35.1. The molecule has 14 aromatic carbocycles. The van der Waals surface area contributed by atoms with Gasteiger partial charge in [0, 0.05) is 39.7 Å². The van der Waals surface area contributed by atoms with Gasteiger partial charge in [0.2, 0.25) is 0 Å². The highest BCUT2D eigenvalue weighted by atomic mass is 16.5. The first-order valence-electron chi connectivity index (χ1n) is 35.1. The molecule has 496 valence electrons. The van der Waals surface area contributed by atoms with Gasteiger partial charge in [-0.15, -0.1) is 0 Å². The smallest absolute Gasteiger partial charge is 0.137 e. The number of hydrogen-bond donors (Lipinski definition) is 0. The number of para-hydroxylation sites is 2. The number of anilines is 6. The normalized spacial score (nSPS) is 11.7. The van der Waals surface area contributed by atoms with E-state index in [1.165, 1.54) is 22.3 Å². The Morgan fingerprint density at radius 1 is 0.229 bits per heavy atom. The SMILES string of the molecule is N#CC(C#N)=C1C=C(C=Cc2ccc(N(c3ccccc3)c3ccc(-c4ccc(C(=C(c5ccccc5)c5ccccc5)c5ccccc5)cc4)cc3)cc2)OC(C=Cc2ccc(N(c3ccccc3)c3ccc(-c4ccc(C(=C(c5ccccc5)c5ccccc5)c5ccccc5)cc4)cc3)cc2)=C1. The molecule has 0 saturated carbocycles. The van der Waals surface area contributed by atoms with Crippen molar-refractivity contribution in [3.63, 3.8) is 0 Å². The van der Waals surface area contributed by atoms with Crippen molar-refractivity contribution >= 4 is 68.6 Å². The van der Waals surface area contributed by atoms with E-state index in [2.05, 4.69) is 398 Å². The van der Waals surface area contributed by atoms with E-state index in [0.717, 1.165) is 112 Å². The third kappa shape index (κ3) is 15.4. The van der Waals surface area contributed by atoms with E-state index >= 15 is 0 Å². The van der Waals surface area contributed by atoms with Gasteiger partial charge in [0.1, 0.15) is 29.2 Å². The second-order valence-corrected chi connectivity index (χ2v) is 25.4. The average molecular weight is 1340 g/mol. The Labute approximate surface area is 615 Å². The van der Waals surface area contributed by atoms with Gasteiger partial charge < -0.3 is 14.5 Å². The second-order valence-electron chi connectivity index (χ2n) is 25.4. The van der Waals surface area contributed by atoms with E-state index in [-0.39, 0.29) is 5.57 Å². The van der Waals surface area contributed by atoms with Crippen LogP contribution < -0.4 is 9.80 Å². The molecule has 1 aliphatic rings. The van der Waals surface area contributed by atoms with Gasteiger partial charge in [-0.3, -0.25) is 0 Å². The zero-order chi connectivity index (χ0) is 70.9. The third-order valence-electron chi connectivity index (χ3n) is 18.7. The van der Waals surface area contributed by atoms with Crippen LogP contribution in [0.1, 0.15) is 55.6 Å². The summed E-state index contributed by atoms with van der Waals surface area (Å²) in [6.07, 6.45) is 11.2. The Balaban J connectivity index is 0.642. The molecule has 0 fully saturated rings. The summed E-state index contributed by atoms with van der Waals surface area (Å²) in [6.45, 7) is 0. The molecule has 0 amide bonds. The second kappa shape index (κ2) is 31.9. The molecular formula is C100H70N4O. The van der Waals surface area contributed by atoms with Crippen molar-refractivity contribution in [3.05, 3.63) is 491 Å². The lowest BCUT2D eigenvalue weighted by molar-refractivity contribution is 0.332. The molecule has 105 heavy (non-hydrogen) atoms. The molecule has 0 N–H and O–H groups in total. The fourth-order valence-electron chi connectivity index (χ4n) is 13.6. The van der Waals surface area contributed by atoms with Crippen LogP contribution in [0.5, 0.6) is 0 Å². The van der Waals surface area contributed by atoms with E-state index in [4.69, 9.17) is 4.74 Å². The van der Waals surface area contributed by atoms with Gasteiger partial charge in [-0.05, 0) is 197 Å². The van der Waals surface area contributed by atoms with Gasteiger partial charge in [-0.2, -0.15) is 10.5 Å². The summed E-state index contributed by atoms with van der Waals surface area (Å²) in [5.41, 5.74) is 26.8. The van der Waals surface area contributed by atoms with Gasteiger partial charge in [0.05, 0.1) is 0 Å². The van der Waals surface area contributed by atoms with Crippen LogP contribution in [0.2, 0.25) is 0 Å². The van der Waals surface area contributed by atoms with Crippen LogP contribution in [0.15, 0.2) is 435 Å². The van der Waals surface area contributed by atoms with Crippen molar-refractivity contribution in [2.75, 3.05) is 9.80 Å². The highest BCUT2D eigenvalue weighted by Gasteiger charge is 2.21. The van der Waals surface area contributed by atoms with Crippen LogP contribution in [-0.2, 0) is 4.74 Å². The van der Waals surface area contributed by atoms with E-state index in [1.807, 2.05) is 36.4 Å². The fraction of sp³-hybridized carbons (Fsp3) is 0. The molecule has 5 nitrogen and oxygen atoms in total. The van der Waals surface area contributed by atoms with Gasteiger partial charge in [-0.1, -0.05) is 328 Å². The monoisotopic (exact) mass is 1340 g/mol. The van der Waals surface area contributed by atoms with Crippen molar-refractivity contribution in [2.24, 2.45) is 0 Å². The minimum Gasteiger partial charge on any atom is -0.457 e. The van der Waals surface area contributed by atoms with Crippen LogP contribution >= 0.6 is 0 Å². The Morgan fingerprint density at radius 2 is 0.438 bits per heavy atom. The van der Waals surface area contributed by atoms with Crippen LogP contribution in [-0.4, -0.2) is 0 Å². The summed E-state index contributed by atoms with van der Waals surface area (Å²) < 4.78 is 6.47. The van der Waals surface area contributed by atoms with Crippen molar-refractivity contribution in [1.82, 2.24) is 0 Å². The zero-order valence-corrected chi connectivity index (χ0v) is 57.6. The molecule has 0 unspecified atom stereocenters. The summed E-state index contributed by atoms with van der Waals surface area (Å²) in [5.74, 6) is 0.971.